The van der Waals surface area contributed by atoms with Gasteiger partial charge in [-0.15, -0.1) is 0 Å². The van der Waals surface area contributed by atoms with Crippen molar-refractivity contribution in [1.29, 1.82) is 0 Å². The number of fused-ring (bicyclic) bond motifs is 1. The third kappa shape index (κ3) is 3.92. The summed E-state index contributed by atoms with van der Waals surface area (Å²) in [5, 5.41) is 22.1. The summed E-state index contributed by atoms with van der Waals surface area (Å²) in [5.74, 6) is 1.11. The van der Waals surface area contributed by atoms with Crippen LogP contribution in [-0.2, 0) is 17.3 Å². The summed E-state index contributed by atoms with van der Waals surface area (Å²) in [6.45, 7) is 13.1. The van der Waals surface area contributed by atoms with E-state index in [2.05, 4.69) is 53.7 Å². The minimum Gasteiger partial charge on any atom is -0.507 e. The first-order valence-corrected chi connectivity index (χ1v) is 11.0. The lowest BCUT2D eigenvalue weighted by atomic mass is 9.55. The molecule has 2 heteroatoms. The Morgan fingerprint density at radius 1 is 0.889 bits per heavy atom. The third-order valence-corrected chi connectivity index (χ3v) is 7.27. The van der Waals surface area contributed by atoms with Gasteiger partial charge in [0.1, 0.15) is 5.75 Å². The molecule has 2 N–H and O–H groups in total. The van der Waals surface area contributed by atoms with Crippen LogP contribution in [0, 0.1) is 11.3 Å². The summed E-state index contributed by atoms with van der Waals surface area (Å²) < 4.78 is 0. The van der Waals surface area contributed by atoms with Gasteiger partial charge in [0.2, 0.25) is 0 Å². The van der Waals surface area contributed by atoms with E-state index in [0.717, 1.165) is 30.4 Å². The second-order valence-corrected chi connectivity index (χ2v) is 11.3. The van der Waals surface area contributed by atoms with Crippen LogP contribution in [0.15, 0.2) is 12.1 Å². The van der Waals surface area contributed by atoms with E-state index in [9.17, 15) is 10.2 Å². The number of benzene rings is 1. The Bertz CT molecular complexity index is 640. The monoisotopic (exact) mass is 372 g/mol. The largest absolute Gasteiger partial charge is 0.507 e. The molecule has 3 rings (SSSR count). The van der Waals surface area contributed by atoms with Crippen LogP contribution in [0.25, 0.3) is 0 Å². The first-order chi connectivity index (χ1) is 12.4. The van der Waals surface area contributed by atoms with Gasteiger partial charge in [0.05, 0.1) is 6.10 Å². The Balaban J connectivity index is 2.08. The molecule has 2 aliphatic carbocycles. The molecular weight excluding hydrogens is 332 g/mol. The molecule has 0 saturated heterocycles. The molecule has 27 heavy (non-hydrogen) atoms. The maximum Gasteiger partial charge on any atom is 0.123 e. The van der Waals surface area contributed by atoms with Crippen molar-refractivity contribution in [3.8, 4) is 5.75 Å². The van der Waals surface area contributed by atoms with Gasteiger partial charge in [0.25, 0.3) is 0 Å². The molecule has 0 aromatic heterocycles. The fourth-order valence-corrected chi connectivity index (χ4v) is 5.72. The summed E-state index contributed by atoms with van der Waals surface area (Å²) in [7, 11) is 0. The Labute approximate surface area is 166 Å². The van der Waals surface area contributed by atoms with Gasteiger partial charge in [0.15, 0.2) is 0 Å². The smallest absolute Gasteiger partial charge is 0.123 e. The van der Waals surface area contributed by atoms with Crippen molar-refractivity contribution >= 4 is 0 Å². The van der Waals surface area contributed by atoms with Crippen LogP contribution in [0.3, 0.4) is 0 Å². The van der Waals surface area contributed by atoms with E-state index in [1.165, 1.54) is 37.7 Å². The number of aliphatic hydroxyl groups excluding tert-OH is 1. The van der Waals surface area contributed by atoms with Crippen LogP contribution in [0.5, 0.6) is 5.75 Å². The predicted octanol–water partition coefficient (Wildman–Crippen LogP) is 6.25. The molecule has 3 atom stereocenters. The van der Waals surface area contributed by atoms with Crippen LogP contribution >= 0.6 is 0 Å². The molecule has 1 aromatic carbocycles. The van der Waals surface area contributed by atoms with Crippen LogP contribution in [0.2, 0.25) is 0 Å². The molecule has 0 radical (unpaired) electrons. The molecule has 0 bridgehead atoms. The molecule has 3 unspecified atom stereocenters. The topological polar surface area (TPSA) is 40.5 Å². The van der Waals surface area contributed by atoms with E-state index in [4.69, 9.17) is 0 Å². The maximum absolute atomic E-state index is 11.1. The molecule has 0 amide bonds. The Morgan fingerprint density at radius 2 is 1.44 bits per heavy atom. The van der Waals surface area contributed by atoms with Gasteiger partial charge in [-0.3, -0.25) is 0 Å². The molecule has 2 saturated carbocycles. The van der Waals surface area contributed by atoms with Crippen LogP contribution in [-0.4, -0.2) is 16.3 Å². The summed E-state index contributed by atoms with van der Waals surface area (Å²) in [5.41, 5.74) is 3.22. The Hall–Kier alpha value is -1.02. The average molecular weight is 373 g/mol. The number of aromatic hydroxyl groups is 1. The lowest BCUT2D eigenvalue weighted by Crippen LogP contribution is -2.48. The minimum atomic E-state index is -0.179. The standard InChI is InChI=1S/C25H40O2/c1-23(2,3)19-14-17(15-20(22(19)27)24(4,5)6)16-25-13-8-7-10-18(25)11-9-12-21(25)26/h14-15,18,21,26-27H,7-13,16H2,1-6H3. The predicted molar refractivity (Wildman–Crippen MR) is 113 cm³/mol. The number of rotatable bonds is 2. The van der Waals surface area contributed by atoms with Crippen molar-refractivity contribution in [2.45, 2.75) is 110 Å². The number of phenolic OH excluding ortho intramolecular Hbond substituents is 1. The van der Waals surface area contributed by atoms with Gasteiger partial charge in [0, 0.05) is 5.41 Å². The zero-order valence-corrected chi connectivity index (χ0v) is 18.4. The molecule has 0 spiro atoms. The fourth-order valence-electron chi connectivity index (χ4n) is 5.72. The highest BCUT2D eigenvalue weighted by atomic mass is 16.3. The molecule has 0 aliphatic heterocycles. The van der Waals surface area contributed by atoms with E-state index >= 15 is 0 Å². The van der Waals surface area contributed by atoms with Crippen molar-refractivity contribution < 1.29 is 10.2 Å². The molecular formula is C25H40O2. The third-order valence-electron chi connectivity index (χ3n) is 7.27. The number of phenols is 1. The van der Waals surface area contributed by atoms with Crippen LogP contribution in [0.1, 0.15) is 103 Å². The van der Waals surface area contributed by atoms with Crippen molar-refractivity contribution in [3.05, 3.63) is 28.8 Å². The summed E-state index contributed by atoms with van der Waals surface area (Å²) in [6.07, 6.45) is 9.14. The van der Waals surface area contributed by atoms with Gasteiger partial charge in [-0.25, -0.2) is 0 Å². The second kappa shape index (κ2) is 7.10. The normalized spacial score (nSPS) is 29.4. The molecule has 2 aliphatic rings. The van der Waals surface area contributed by atoms with E-state index in [0.29, 0.717) is 11.7 Å². The highest BCUT2D eigenvalue weighted by Crippen LogP contribution is 2.53. The molecule has 152 valence electrons. The summed E-state index contributed by atoms with van der Waals surface area (Å²) >= 11 is 0. The lowest BCUT2D eigenvalue weighted by Gasteiger charge is -2.51. The van der Waals surface area contributed by atoms with Gasteiger partial charge >= 0.3 is 0 Å². The van der Waals surface area contributed by atoms with Crippen LogP contribution in [0.4, 0.5) is 0 Å². The molecule has 0 heterocycles. The van der Waals surface area contributed by atoms with Gasteiger partial charge in [-0.05, 0) is 65.5 Å². The zero-order chi connectivity index (χ0) is 20.0. The van der Waals surface area contributed by atoms with Crippen molar-refractivity contribution in [2.75, 3.05) is 0 Å². The van der Waals surface area contributed by atoms with Gasteiger partial charge in [-0.1, -0.05) is 72.9 Å². The molecule has 1 aromatic rings. The second-order valence-electron chi connectivity index (χ2n) is 11.3. The SMILES string of the molecule is CC(C)(C)c1cc(CC23CCCCC2CCCC3O)cc(C(C)(C)C)c1O. The van der Waals surface area contributed by atoms with Gasteiger partial charge in [-0.2, -0.15) is 0 Å². The molecule has 2 fully saturated rings. The number of aliphatic hydroxyl groups is 1. The zero-order valence-electron chi connectivity index (χ0n) is 18.4. The maximum atomic E-state index is 11.1. The Morgan fingerprint density at radius 3 is 2.00 bits per heavy atom. The lowest BCUT2D eigenvalue weighted by molar-refractivity contribution is -0.0780. The minimum absolute atomic E-state index is 0.0395. The molecule has 2 nitrogen and oxygen atoms in total. The van der Waals surface area contributed by atoms with E-state index in [1.807, 2.05) is 0 Å². The number of hydrogen-bond donors (Lipinski definition) is 2. The quantitative estimate of drug-likeness (QED) is 0.644. The van der Waals surface area contributed by atoms with Gasteiger partial charge < -0.3 is 10.2 Å². The highest BCUT2D eigenvalue weighted by molar-refractivity contribution is 5.50. The highest BCUT2D eigenvalue weighted by Gasteiger charge is 2.48. The van der Waals surface area contributed by atoms with Crippen molar-refractivity contribution in [2.24, 2.45) is 11.3 Å². The van der Waals surface area contributed by atoms with E-state index in [-0.39, 0.29) is 22.3 Å². The van der Waals surface area contributed by atoms with Crippen molar-refractivity contribution in [3.63, 3.8) is 0 Å². The van der Waals surface area contributed by atoms with E-state index in [1.54, 1.807) is 0 Å². The first kappa shape index (κ1) is 20.7. The van der Waals surface area contributed by atoms with Crippen molar-refractivity contribution in [1.82, 2.24) is 0 Å². The number of hydrogen-bond acceptors (Lipinski definition) is 2. The average Bonchev–Trinajstić information content (AvgIpc) is 2.55. The fraction of sp³-hybridized carbons (Fsp3) is 0.760. The van der Waals surface area contributed by atoms with E-state index < -0.39 is 0 Å². The van der Waals surface area contributed by atoms with Crippen LogP contribution < -0.4 is 0 Å². The first-order valence-electron chi connectivity index (χ1n) is 11.0. The summed E-state index contributed by atoms with van der Waals surface area (Å²) in [6, 6.07) is 4.46. The summed E-state index contributed by atoms with van der Waals surface area (Å²) in [4.78, 5) is 0. The Kier molecular flexibility index (Phi) is 5.45.